The second kappa shape index (κ2) is 3.08. The van der Waals surface area contributed by atoms with E-state index < -0.39 is 5.97 Å². The van der Waals surface area contributed by atoms with Crippen LogP contribution in [0.3, 0.4) is 0 Å². The van der Waals surface area contributed by atoms with E-state index in [0.717, 1.165) is 16.6 Å². The summed E-state index contributed by atoms with van der Waals surface area (Å²) in [5.74, 6) is -0.910. The number of carboxylic acid groups (broad SMARTS) is 1. The van der Waals surface area contributed by atoms with Gasteiger partial charge in [-0.25, -0.2) is 4.79 Å². The molecule has 0 amide bonds. The molecule has 2 aromatic rings. The minimum atomic E-state index is -0.910. The lowest BCUT2D eigenvalue weighted by atomic mass is 10.1. The monoisotopic (exact) mass is 204 g/mol. The molecule has 4 nitrogen and oxygen atoms in total. The summed E-state index contributed by atoms with van der Waals surface area (Å²) in [6.45, 7) is 3.77. The molecule has 0 radical (unpaired) electrons. The number of rotatable bonds is 1. The maximum Gasteiger partial charge on any atom is 0.337 e. The number of hydrogen-bond donors (Lipinski definition) is 1. The van der Waals surface area contributed by atoms with E-state index in [1.54, 1.807) is 17.8 Å². The van der Waals surface area contributed by atoms with Gasteiger partial charge in [-0.3, -0.25) is 4.68 Å². The van der Waals surface area contributed by atoms with E-state index in [2.05, 4.69) is 5.10 Å². The molecule has 0 unspecified atom stereocenters. The molecule has 0 saturated carbocycles. The molecular formula is C11H12N2O2. The van der Waals surface area contributed by atoms with Crippen LogP contribution in [0.15, 0.2) is 12.1 Å². The molecule has 1 aromatic carbocycles. The third-order valence-corrected chi connectivity index (χ3v) is 2.50. The molecule has 0 spiro atoms. The molecule has 2 rings (SSSR count). The topological polar surface area (TPSA) is 55.1 Å². The lowest BCUT2D eigenvalue weighted by molar-refractivity contribution is 0.0698. The van der Waals surface area contributed by atoms with Crippen molar-refractivity contribution in [2.75, 3.05) is 0 Å². The number of aromatic nitrogens is 2. The first-order valence-corrected chi connectivity index (χ1v) is 4.68. The molecule has 0 fully saturated rings. The SMILES string of the molecule is Cc1cc(C(=O)O)c2c(c1)c(C)nn2C. The summed E-state index contributed by atoms with van der Waals surface area (Å²) in [6, 6.07) is 3.63. The average Bonchev–Trinajstić information content (AvgIpc) is 2.41. The van der Waals surface area contributed by atoms with Crippen molar-refractivity contribution in [1.29, 1.82) is 0 Å². The Hall–Kier alpha value is -1.84. The number of carboxylic acids is 1. The number of aromatic carboxylic acids is 1. The van der Waals surface area contributed by atoms with Crippen molar-refractivity contribution in [3.05, 3.63) is 29.0 Å². The van der Waals surface area contributed by atoms with Gasteiger partial charge >= 0.3 is 5.97 Å². The maximum atomic E-state index is 11.1. The number of fused-ring (bicyclic) bond motifs is 1. The van der Waals surface area contributed by atoms with Crippen LogP contribution in [0.1, 0.15) is 21.6 Å². The molecule has 1 N–H and O–H groups in total. The lowest BCUT2D eigenvalue weighted by Gasteiger charge is -2.02. The van der Waals surface area contributed by atoms with Gasteiger partial charge in [0.15, 0.2) is 0 Å². The highest BCUT2D eigenvalue weighted by atomic mass is 16.4. The molecule has 4 heteroatoms. The number of carbonyl (C=O) groups is 1. The summed E-state index contributed by atoms with van der Waals surface area (Å²) < 4.78 is 1.62. The Morgan fingerprint density at radius 1 is 1.40 bits per heavy atom. The molecule has 78 valence electrons. The minimum Gasteiger partial charge on any atom is -0.478 e. The highest BCUT2D eigenvalue weighted by molar-refractivity contribution is 6.03. The maximum absolute atomic E-state index is 11.1. The fraction of sp³-hybridized carbons (Fsp3) is 0.273. The van der Waals surface area contributed by atoms with Crippen molar-refractivity contribution in [3.8, 4) is 0 Å². The Morgan fingerprint density at radius 3 is 2.67 bits per heavy atom. The molecule has 15 heavy (non-hydrogen) atoms. The van der Waals surface area contributed by atoms with Gasteiger partial charge < -0.3 is 5.11 Å². The highest BCUT2D eigenvalue weighted by Crippen LogP contribution is 2.23. The lowest BCUT2D eigenvalue weighted by Crippen LogP contribution is -2.01. The highest BCUT2D eigenvalue weighted by Gasteiger charge is 2.14. The van der Waals surface area contributed by atoms with Crippen LogP contribution in [-0.4, -0.2) is 20.9 Å². The molecular weight excluding hydrogens is 192 g/mol. The Bertz CT molecular complexity index is 555. The molecule has 1 aromatic heterocycles. The van der Waals surface area contributed by atoms with E-state index in [-0.39, 0.29) is 0 Å². The summed E-state index contributed by atoms with van der Waals surface area (Å²) in [5, 5.41) is 14.2. The molecule has 0 aliphatic heterocycles. The van der Waals surface area contributed by atoms with Crippen LogP contribution in [0.2, 0.25) is 0 Å². The Kier molecular flexibility index (Phi) is 2.00. The molecule has 0 atom stereocenters. The zero-order chi connectivity index (χ0) is 11.2. The Balaban J connectivity index is 2.96. The first kappa shape index (κ1) is 9.71. The van der Waals surface area contributed by atoms with Crippen molar-refractivity contribution >= 4 is 16.9 Å². The van der Waals surface area contributed by atoms with Gasteiger partial charge in [-0.05, 0) is 31.5 Å². The van der Waals surface area contributed by atoms with Crippen molar-refractivity contribution in [2.24, 2.45) is 7.05 Å². The summed E-state index contributed by atoms with van der Waals surface area (Å²) >= 11 is 0. The van der Waals surface area contributed by atoms with Crippen LogP contribution in [0, 0.1) is 13.8 Å². The van der Waals surface area contributed by atoms with Gasteiger partial charge in [0.1, 0.15) is 0 Å². The largest absolute Gasteiger partial charge is 0.478 e. The predicted octanol–water partition coefficient (Wildman–Crippen LogP) is 1.89. The van der Waals surface area contributed by atoms with Gasteiger partial charge in [-0.2, -0.15) is 5.10 Å². The van der Waals surface area contributed by atoms with E-state index in [4.69, 9.17) is 5.11 Å². The molecule has 0 bridgehead atoms. The van der Waals surface area contributed by atoms with Gasteiger partial charge in [0.2, 0.25) is 0 Å². The van der Waals surface area contributed by atoms with E-state index in [1.807, 2.05) is 19.9 Å². The zero-order valence-electron chi connectivity index (χ0n) is 8.90. The quantitative estimate of drug-likeness (QED) is 0.771. The summed E-state index contributed by atoms with van der Waals surface area (Å²) in [5.41, 5.74) is 2.80. The fourth-order valence-corrected chi connectivity index (χ4v) is 1.90. The zero-order valence-corrected chi connectivity index (χ0v) is 8.90. The number of aryl methyl sites for hydroxylation is 3. The van der Waals surface area contributed by atoms with Crippen molar-refractivity contribution in [2.45, 2.75) is 13.8 Å². The average molecular weight is 204 g/mol. The molecule has 0 saturated heterocycles. The predicted molar refractivity (Wildman–Crippen MR) is 57.1 cm³/mol. The molecule has 0 aliphatic carbocycles. The van der Waals surface area contributed by atoms with E-state index in [1.165, 1.54) is 0 Å². The second-order valence-corrected chi connectivity index (χ2v) is 3.72. The Morgan fingerprint density at radius 2 is 2.07 bits per heavy atom. The smallest absolute Gasteiger partial charge is 0.337 e. The van der Waals surface area contributed by atoms with Crippen molar-refractivity contribution < 1.29 is 9.90 Å². The van der Waals surface area contributed by atoms with Gasteiger partial charge in [0.25, 0.3) is 0 Å². The third kappa shape index (κ3) is 1.38. The number of hydrogen-bond acceptors (Lipinski definition) is 2. The Labute approximate surface area is 87.1 Å². The number of benzene rings is 1. The van der Waals surface area contributed by atoms with Gasteiger partial charge in [0, 0.05) is 12.4 Å². The van der Waals surface area contributed by atoms with Crippen molar-refractivity contribution in [1.82, 2.24) is 9.78 Å². The second-order valence-electron chi connectivity index (χ2n) is 3.72. The molecule has 1 heterocycles. The normalized spacial score (nSPS) is 10.9. The van der Waals surface area contributed by atoms with Gasteiger partial charge in [-0.15, -0.1) is 0 Å². The third-order valence-electron chi connectivity index (χ3n) is 2.50. The van der Waals surface area contributed by atoms with Crippen LogP contribution in [0.25, 0.3) is 10.9 Å². The van der Waals surface area contributed by atoms with Crippen LogP contribution in [0.4, 0.5) is 0 Å². The summed E-state index contributed by atoms with van der Waals surface area (Å²) in [4.78, 5) is 11.1. The first-order chi connectivity index (χ1) is 7.00. The summed E-state index contributed by atoms with van der Waals surface area (Å²) in [6.07, 6.45) is 0. The van der Waals surface area contributed by atoms with Crippen LogP contribution in [0.5, 0.6) is 0 Å². The standard InChI is InChI=1S/C11H12N2O2/c1-6-4-8-7(2)12-13(3)10(8)9(5-6)11(14)15/h4-5H,1-3H3,(H,14,15). The van der Waals surface area contributed by atoms with E-state index in [0.29, 0.717) is 11.1 Å². The van der Waals surface area contributed by atoms with Crippen LogP contribution >= 0.6 is 0 Å². The van der Waals surface area contributed by atoms with Crippen LogP contribution in [-0.2, 0) is 7.05 Å². The van der Waals surface area contributed by atoms with E-state index >= 15 is 0 Å². The first-order valence-electron chi connectivity index (χ1n) is 4.68. The fourth-order valence-electron chi connectivity index (χ4n) is 1.90. The van der Waals surface area contributed by atoms with Crippen molar-refractivity contribution in [3.63, 3.8) is 0 Å². The van der Waals surface area contributed by atoms with Gasteiger partial charge in [-0.1, -0.05) is 0 Å². The summed E-state index contributed by atoms with van der Waals surface area (Å²) in [7, 11) is 1.76. The van der Waals surface area contributed by atoms with Crippen LogP contribution < -0.4 is 0 Å². The molecule has 0 aliphatic rings. The minimum absolute atomic E-state index is 0.313. The van der Waals surface area contributed by atoms with Gasteiger partial charge in [0.05, 0.1) is 16.8 Å². The number of nitrogens with zero attached hydrogens (tertiary/aromatic N) is 2. The van der Waals surface area contributed by atoms with E-state index in [9.17, 15) is 4.79 Å².